The van der Waals surface area contributed by atoms with Crippen LogP contribution in [0, 0.1) is 24.4 Å². The fraction of sp³-hybridized carbons (Fsp3) is 0.227. The molecular weight excluding hydrogens is 407 g/mol. The Morgan fingerprint density at radius 1 is 1.00 bits per heavy atom. The van der Waals surface area contributed by atoms with Gasteiger partial charge < -0.3 is 5.32 Å². The van der Waals surface area contributed by atoms with Gasteiger partial charge in [0.05, 0.1) is 11.2 Å². The van der Waals surface area contributed by atoms with Crippen LogP contribution in [0.2, 0.25) is 0 Å². The number of guanidine groups is 1. The van der Waals surface area contributed by atoms with Gasteiger partial charge in [-0.2, -0.15) is 5.10 Å². The van der Waals surface area contributed by atoms with E-state index < -0.39 is 23.1 Å². The second-order valence-electron chi connectivity index (χ2n) is 7.97. The van der Waals surface area contributed by atoms with Gasteiger partial charge >= 0.3 is 0 Å². The Kier molecular flexibility index (Phi) is 6.14. The molecular formula is C22H22F3N5O. The van der Waals surface area contributed by atoms with Crippen molar-refractivity contribution in [2.24, 2.45) is 4.99 Å². The summed E-state index contributed by atoms with van der Waals surface area (Å²) in [6.07, 6.45) is 0. The van der Waals surface area contributed by atoms with Crippen LogP contribution < -0.4 is 10.6 Å². The molecule has 0 saturated heterocycles. The zero-order chi connectivity index (χ0) is 22.8. The molecule has 3 aromatic rings. The Hall–Kier alpha value is -3.62. The van der Waals surface area contributed by atoms with Gasteiger partial charge in [0.1, 0.15) is 5.82 Å². The molecule has 162 valence electrons. The van der Waals surface area contributed by atoms with E-state index >= 15 is 0 Å². The molecule has 0 aliphatic heterocycles. The molecule has 0 fully saturated rings. The minimum Gasteiger partial charge on any atom is -0.309 e. The number of hydrogen-bond acceptors (Lipinski definition) is 3. The quantitative estimate of drug-likeness (QED) is 0.413. The van der Waals surface area contributed by atoms with E-state index in [2.05, 4.69) is 25.8 Å². The smallest absolute Gasteiger partial charge is 0.258 e. The first kappa shape index (κ1) is 22.1. The maximum absolute atomic E-state index is 13.9. The number of H-pyrrole nitrogens is 1. The predicted molar refractivity (Wildman–Crippen MR) is 113 cm³/mol. The highest BCUT2D eigenvalue weighted by molar-refractivity contribution is 6.09. The van der Waals surface area contributed by atoms with E-state index in [4.69, 9.17) is 0 Å². The number of amides is 1. The van der Waals surface area contributed by atoms with Gasteiger partial charge in [-0.3, -0.25) is 15.2 Å². The average molecular weight is 429 g/mol. The zero-order valence-electron chi connectivity index (χ0n) is 17.5. The van der Waals surface area contributed by atoms with E-state index in [1.807, 2.05) is 20.8 Å². The summed E-state index contributed by atoms with van der Waals surface area (Å²) in [6.45, 7) is 7.14. The third kappa shape index (κ3) is 5.71. The Morgan fingerprint density at radius 3 is 2.39 bits per heavy atom. The molecule has 0 radical (unpaired) electrons. The van der Waals surface area contributed by atoms with Crippen LogP contribution in [0.1, 0.15) is 36.7 Å². The van der Waals surface area contributed by atoms with Gasteiger partial charge in [-0.25, -0.2) is 18.2 Å². The number of aryl methyl sites for hydroxylation is 1. The molecule has 1 aromatic heterocycles. The van der Waals surface area contributed by atoms with E-state index in [1.165, 1.54) is 12.1 Å². The van der Waals surface area contributed by atoms with Crippen LogP contribution in [0.15, 0.2) is 47.5 Å². The fourth-order valence-electron chi connectivity index (χ4n) is 2.65. The molecule has 0 unspecified atom stereocenters. The monoisotopic (exact) mass is 429 g/mol. The Balaban J connectivity index is 1.83. The van der Waals surface area contributed by atoms with E-state index in [0.717, 1.165) is 12.1 Å². The molecule has 0 spiro atoms. The molecule has 0 atom stereocenters. The van der Waals surface area contributed by atoms with Crippen LogP contribution in [0.3, 0.4) is 0 Å². The van der Waals surface area contributed by atoms with Crippen molar-refractivity contribution in [2.75, 3.05) is 5.32 Å². The van der Waals surface area contributed by atoms with Crippen LogP contribution in [0.25, 0.3) is 11.3 Å². The van der Waals surface area contributed by atoms with Gasteiger partial charge in [0.25, 0.3) is 5.91 Å². The minimum atomic E-state index is -1.13. The number of carbonyl (C=O) groups is 1. The summed E-state index contributed by atoms with van der Waals surface area (Å²) < 4.78 is 40.5. The maximum atomic E-state index is 13.9. The standard InChI is InChI=1S/C22H22F3N5O/c1-12-5-6-13(9-16(12)24)18-11-19(30-29-18)26-21(28-22(2,3)4)27-20(31)14-7-8-15(23)17(25)10-14/h5-11H,1-4H3,(H3,26,27,28,29,30,31). The summed E-state index contributed by atoms with van der Waals surface area (Å²) in [5.41, 5.74) is 1.05. The number of aromatic amines is 1. The van der Waals surface area contributed by atoms with E-state index in [9.17, 15) is 18.0 Å². The summed E-state index contributed by atoms with van der Waals surface area (Å²) in [4.78, 5) is 16.9. The Morgan fingerprint density at radius 2 is 1.74 bits per heavy atom. The van der Waals surface area contributed by atoms with Crippen LogP contribution in [-0.2, 0) is 0 Å². The number of aromatic nitrogens is 2. The molecule has 2 aromatic carbocycles. The predicted octanol–water partition coefficient (Wildman–Crippen LogP) is 4.80. The van der Waals surface area contributed by atoms with Crippen LogP contribution in [0.4, 0.5) is 19.0 Å². The number of benzene rings is 2. The van der Waals surface area contributed by atoms with E-state index in [1.54, 1.807) is 25.1 Å². The van der Waals surface area contributed by atoms with Gasteiger partial charge in [0.2, 0.25) is 5.96 Å². The summed E-state index contributed by atoms with van der Waals surface area (Å²) in [7, 11) is 0. The lowest BCUT2D eigenvalue weighted by Gasteiger charge is -2.17. The number of nitrogens with one attached hydrogen (secondary N) is 3. The van der Waals surface area contributed by atoms with Crippen LogP contribution in [0.5, 0.6) is 0 Å². The van der Waals surface area contributed by atoms with Crippen molar-refractivity contribution in [1.29, 1.82) is 0 Å². The van der Waals surface area contributed by atoms with E-state index in [-0.39, 0.29) is 17.3 Å². The zero-order valence-corrected chi connectivity index (χ0v) is 17.5. The van der Waals surface area contributed by atoms with Crippen LogP contribution >= 0.6 is 0 Å². The summed E-state index contributed by atoms with van der Waals surface area (Å²) in [5.74, 6) is -2.80. The number of carbonyl (C=O) groups excluding carboxylic acids is 1. The van der Waals surface area contributed by atoms with Crippen molar-refractivity contribution in [1.82, 2.24) is 15.5 Å². The molecule has 0 bridgehead atoms. The minimum absolute atomic E-state index is 0.0652. The number of hydrogen-bond donors (Lipinski definition) is 3. The van der Waals surface area contributed by atoms with E-state index in [0.29, 0.717) is 22.6 Å². The average Bonchev–Trinajstić information content (AvgIpc) is 3.13. The van der Waals surface area contributed by atoms with Gasteiger partial charge in [-0.1, -0.05) is 12.1 Å². The van der Waals surface area contributed by atoms with Gasteiger partial charge in [0, 0.05) is 17.2 Å². The molecule has 3 rings (SSSR count). The normalized spacial score (nSPS) is 12.0. The summed E-state index contributed by atoms with van der Waals surface area (Å²) in [5, 5.41) is 12.4. The summed E-state index contributed by atoms with van der Waals surface area (Å²) >= 11 is 0. The topological polar surface area (TPSA) is 82.2 Å². The van der Waals surface area contributed by atoms with Crippen molar-refractivity contribution >= 4 is 17.7 Å². The van der Waals surface area contributed by atoms with Gasteiger partial charge in [0.15, 0.2) is 17.5 Å². The molecule has 1 heterocycles. The number of halogens is 3. The fourth-order valence-corrected chi connectivity index (χ4v) is 2.65. The largest absolute Gasteiger partial charge is 0.309 e. The number of aliphatic imine (C=N–C) groups is 1. The summed E-state index contributed by atoms with van der Waals surface area (Å²) in [6, 6.07) is 9.28. The molecule has 31 heavy (non-hydrogen) atoms. The highest BCUT2D eigenvalue weighted by atomic mass is 19.2. The first-order valence-corrected chi connectivity index (χ1v) is 9.47. The highest BCUT2D eigenvalue weighted by Crippen LogP contribution is 2.22. The second kappa shape index (κ2) is 8.63. The molecule has 9 heteroatoms. The first-order valence-electron chi connectivity index (χ1n) is 9.47. The van der Waals surface area contributed by atoms with Crippen molar-refractivity contribution in [2.45, 2.75) is 33.2 Å². The lowest BCUT2D eigenvalue weighted by Crippen LogP contribution is -2.38. The third-order valence-electron chi connectivity index (χ3n) is 4.17. The molecule has 1 amide bonds. The van der Waals surface area contributed by atoms with Crippen molar-refractivity contribution < 1.29 is 18.0 Å². The second-order valence-corrected chi connectivity index (χ2v) is 7.97. The van der Waals surface area contributed by atoms with Crippen molar-refractivity contribution in [3.05, 3.63) is 71.0 Å². The van der Waals surface area contributed by atoms with Gasteiger partial charge in [-0.05, 0) is 57.5 Å². The molecule has 0 aliphatic rings. The SMILES string of the molecule is Cc1ccc(-c2cc(NC(=NC(C)(C)C)NC(=O)c3ccc(F)c(F)c3)n[nH]2)cc1F. The van der Waals surface area contributed by atoms with Gasteiger partial charge in [-0.15, -0.1) is 0 Å². The molecule has 0 aliphatic carbocycles. The third-order valence-corrected chi connectivity index (χ3v) is 4.17. The number of anilines is 1. The number of nitrogens with zero attached hydrogens (tertiary/aromatic N) is 2. The lowest BCUT2D eigenvalue weighted by molar-refractivity contribution is 0.0976. The highest BCUT2D eigenvalue weighted by Gasteiger charge is 2.17. The molecule has 6 nitrogen and oxygen atoms in total. The molecule has 0 saturated carbocycles. The number of rotatable bonds is 3. The Bertz CT molecular complexity index is 1150. The lowest BCUT2D eigenvalue weighted by atomic mass is 10.1. The van der Waals surface area contributed by atoms with Crippen LogP contribution in [-0.4, -0.2) is 27.6 Å². The maximum Gasteiger partial charge on any atom is 0.258 e. The van der Waals surface area contributed by atoms with Crippen molar-refractivity contribution in [3.8, 4) is 11.3 Å². The Labute approximate surface area is 177 Å². The van der Waals surface area contributed by atoms with Crippen molar-refractivity contribution in [3.63, 3.8) is 0 Å². The first-order chi connectivity index (χ1) is 14.5. The molecule has 3 N–H and O–H groups in total.